The summed E-state index contributed by atoms with van der Waals surface area (Å²) in [4.78, 5) is 16.3. The van der Waals surface area contributed by atoms with Crippen LogP contribution in [0, 0.1) is 11.6 Å². The van der Waals surface area contributed by atoms with Crippen molar-refractivity contribution >= 4 is 50.0 Å². The number of aliphatic hydroxyl groups excluding tert-OH is 1. The minimum atomic E-state index is -4.16. The highest BCUT2D eigenvalue weighted by Gasteiger charge is 2.28. The van der Waals surface area contributed by atoms with Gasteiger partial charge in [-0.3, -0.25) is 9.48 Å². The van der Waals surface area contributed by atoms with Crippen molar-refractivity contribution in [3.8, 4) is 22.4 Å². The molecular weight excluding hydrogens is 585 g/mol. The Morgan fingerprint density at radius 1 is 1.05 bits per heavy atom. The second-order valence-corrected chi connectivity index (χ2v) is 11.5. The molecule has 40 heavy (non-hydrogen) atoms. The Kier molecular flexibility index (Phi) is 7.65. The SMILES string of the molecule is O=C(NS(=O)(=O)CCO)c1[nH]c2cc(Cl)ccc2c1-c1c(-c2ccccc2)cnn1Cc1cc(F)c(Cl)c(F)c1. The number of nitrogens with one attached hydrogen (secondary N) is 2. The maximum Gasteiger partial charge on any atom is 0.281 e. The van der Waals surface area contributed by atoms with E-state index in [0.29, 0.717) is 27.2 Å². The summed E-state index contributed by atoms with van der Waals surface area (Å²) in [6.45, 7) is -0.797. The Morgan fingerprint density at radius 2 is 1.75 bits per heavy atom. The molecule has 0 unspecified atom stereocenters. The number of benzene rings is 3. The Morgan fingerprint density at radius 3 is 2.42 bits per heavy atom. The Hall–Kier alpha value is -3.77. The molecule has 3 aromatic carbocycles. The maximum absolute atomic E-state index is 14.3. The lowest BCUT2D eigenvalue weighted by Gasteiger charge is -2.13. The Bertz CT molecular complexity index is 1830. The molecule has 13 heteroatoms. The summed E-state index contributed by atoms with van der Waals surface area (Å²) in [6, 6.07) is 16.1. The van der Waals surface area contributed by atoms with Gasteiger partial charge in [0.25, 0.3) is 5.91 Å². The molecular formula is C27H20Cl2F2N4O4S. The highest BCUT2D eigenvalue weighted by atomic mass is 35.5. The zero-order valence-corrected chi connectivity index (χ0v) is 22.8. The van der Waals surface area contributed by atoms with Crippen molar-refractivity contribution in [1.82, 2.24) is 19.5 Å². The van der Waals surface area contributed by atoms with Gasteiger partial charge >= 0.3 is 0 Å². The van der Waals surface area contributed by atoms with Gasteiger partial charge in [0, 0.05) is 27.1 Å². The van der Waals surface area contributed by atoms with Crippen LogP contribution in [0.3, 0.4) is 0 Å². The minimum absolute atomic E-state index is 0.114. The Balaban J connectivity index is 1.76. The van der Waals surface area contributed by atoms with Crippen LogP contribution in [0.2, 0.25) is 10.0 Å². The molecule has 0 radical (unpaired) electrons. The first kappa shape index (κ1) is 27.8. The lowest BCUT2D eigenvalue weighted by molar-refractivity contribution is 0.0978. The van der Waals surface area contributed by atoms with E-state index < -0.39 is 44.9 Å². The van der Waals surface area contributed by atoms with Crippen LogP contribution in [0.4, 0.5) is 8.78 Å². The molecule has 0 atom stereocenters. The number of amides is 1. The quantitative estimate of drug-likeness (QED) is 0.205. The monoisotopic (exact) mass is 604 g/mol. The molecule has 206 valence electrons. The van der Waals surface area contributed by atoms with E-state index in [1.54, 1.807) is 24.4 Å². The van der Waals surface area contributed by atoms with Crippen molar-refractivity contribution in [1.29, 1.82) is 0 Å². The standard InChI is InChI=1S/C27H20Cl2F2N4O4S/c28-17-6-7-18-22(12-17)33-25(27(37)34-40(38,39)9-8-36)23(18)26-19(16-4-2-1-3-5-16)13-32-35(26)14-15-10-20(30)24(29)21(31)11-15/h1-7,10-13,33,36H,8-9,14H2,(H,34,37). The molecule has 5 aromatic rings. The third-order valence-corrected chi connectivity index (χ3v) is 7.95. The van der Waals surface area contributed by atoms with Crippen LogP contribution in [-0.2, 0) is 16.6 Å². The topological polar surface area (TPSA) is 117 Å². The van der Waals surface area contributed by atoms with E-state index in [-0.39, 0.29) is 23.4 Å². The average Bonchev–Trinajstić information content (AvgIpc) is 3.48. The van der Waals surface area contributed by atoms with E-state index in [2.05, 4.69) is 10.1 Å². The summed E-state index contributed by atoms with van der Waals surface area (Å²) in [6.07, 6.45) is 1.55. The predicted molar refractivity (Wildman–Crippen MR) is 149 cm³/mol. The second-order valence-electron chi connectivity index (χ2n) is 8.84. The molecule has 2 heterocycles. The molecule has 0 saturated heterocycles. The first-order chi connectivity index (χ1) is 19.1. The average molecular weight is 605 g/mol. The fraction of sp³-hybridized carbons (Fsp3) is 0.111. The van der Waals surface area contributed by atoms with Gasteiger partial charge in [0.15, 0.2) is 0 Å². The summed E-state index contributed by atoms with van der Waals surface area (Å²) in [5, 5.41) is 13.8. The fourth-order valence-corrected chi connectivity index (χ4v) is 5.43. The van der Waals surface area contributed by atoms with Crippen molar-refractivity contribution in [2.45, 2.75) is 6.54 Å². The lowest BCUT2D eigenvalue weighted by Crippen LogP contribution is -2.34. The van der Waals surface area contributed by atoms with Crippen LogP contribution < -0.4 is 4.72 Å². The van der Waals surface area contributed by atoms with Crippen molar-refractivity contribution in [3.05, 3.63) is 99.8 Å². The molecule has 0 bridgehead atoms. The van der Waals surface area contributed by atoms with Crippen LogP contribution in [0.5, 0.6) is 0 Å². The number of rotatable bonds is 8. The van der Waals surface area contributed by atoms with E-state index in [1.165, 1.54) is 4.68 Å². The minimum Gasteiger partial charge on any atom is -0.395 e. The van der Waals surface area contributed by atoms with Gasteiger partial charge in [-0.2, -0.15) is 5.10 Å². The summed E-state index contributed by atoms with van der Waals surface area (Å²) < 4.78 is 56.7. The number of aliphatic hydroxyl groups is 1. The Labute approximate surface area is 237 Å². The largest absolute Gasteiger partial charge is 0.395 e. The molecule has 5 rings (SSSR count). The van der Waals surface area contributed by atoms with Crippen LogP contribution in [-0.4, -0.2) is 46.6 Å². The molecule has 0 fully saturated rings. The number of H-pyrrole nitrogens is 1. The van der Waals surface area contributed by atoms with Crippen molar-refractivity contribution in [2.75, 3.05) is 12.4 Å². The fourth-order valence-electron chi connectivity index (χ4n) is 4.42. The van der Waals surface area contributed by atoms with Gasteiger partial charge < -0.3 is 10.1 Å². The number of aromatic amines is 1. The highest BCUT2D eigenvalue weighted by molar-refractivity contribution is 7.90. The predicted octanol–water partition coefficient (Wildman–Crippen LogP) is 5.38. The van der Waals surface area contributed by atoms with Gasteiger partial charge in [0.2, 0.25) is 10.0 Å². The van der Waals surface area contributed by atoms with Crippen molar-refractivity contribution in [2.24, 2.45) is 0 Å². The summed E-state index contributed by atoms with van der Waals surface area (Å²) >= 11 is 11.9. The normalized spacial score (nSPS) is 11.7. The number of hydrogen-bond donors (Lipinski definition) is 3. The highest BCUT2D eigenvalue weighted by Crippen LogP contribution is 2.40. The molecule has 0 spiro atoms. The van der Waals surface area contributed by atoms with Crippen LogP contribution in [0.25, 0.3) is 33.3 Å². The van der Waals surface area contributed by atoms with E-state index >= 15 is 0 Å². The van der Waals surface area contributed by atoms with Crippen molar-refractivity contribution in [3.63, 3.8) is 0 Å². The molecule has 0 aliphatic rings. The number of carbonyl (C=O) groups excluding carboxylic acids is 1. The van der Waals surface area contributed by atoms with Gasteiger partial charge in [0.05, 0.1) is 30.8 Å². The molecule has 0 aliphatic heterocycles. The number of carbonyl (C=O) groups is 1. The number of fused-ring (bicyclic) bond motifs is 1. The molecule has 1 amide bonds. The second kappa shape index (κ2) is 11.0. The first-order valence-corrected chi connectivity index (χ1v) is 14.2. The smallest absolute Gasteiger partial charge is 0.281 e. The lowest BCUT2D eigenvalue weighted by atomic mass is 9.98. The van der Waals surface area contributed by atoms with Crippen LogP contribution in [0.1, 0.15) is 16.1 Å². The zero-order chi connectivity index (χ0) is 28.6. The van der Waals surface area contributed by atoms with Gasteiger partial charge in [-0.1, -0.05) is 59.6 Å². The van der Waals surface area contributed by atoms with E-state index in [4.69, 9.17) is 28.3 Å². The van der Waals surface area contributed by atoms with Crippen molar-refractivity contribution < 1.29 is 27.1 Å². The molecule has 2 aromatic heterocycles. The molecule has 8 nitrogen and oxygen atoms in total. The zero-order valence-electron chi connectivity index (χ0n) is 20.5. The number of halogens is 4. The summed E-state index contributed by atoms with van der Waals surface area (Å²) in [5.74, 6) is -3.54. The van der Waals surface area contributed by atoms with Gasteiger partial charge in [-0.15, -0.1) is 0 Å². The number of nitrogens with zero attached hydrogens (tertiary/aromatic N) is 2. The number of sulfonamides is 1. The van der Waals surface area contributed by atoms with Crippen LogP contribution >= 0.6 is 23.2 Å². The molecule has 3 N–H and O–H groups in total. The summed E-state index contributed by atoms with van der Waals surface area (Å²) in [5.41, 5.74) is 2.48. The third kappa shape index (κ3) is 5.46. The van der Waals surface area contributed by atoms with Gasteiger partial charge in [-0.25, -0.2) is 21.9 Å². The molecule has 0 aliphatic carbocycles. The van der Waals surface area contributed by atoms with E-state index in [0.717, 1.165) is 17.7 Å². The number of hydrogen-bond acceptors (Lipinski definition) is 5. The summed E-state index contributed by atoms with van der Waals surface area (Å²) in [7, 11) is -4.16. The van der Waals surface area contributed by atoms with Crippen LogP contribution in [0.15, 0.2) is 66.9 Å². The van der Waals surface area contributed by atoms with Gasteiger partial charge in [-0.05, 0) is 35.4 Å². The first-order valence-electron chi connectivity index (χ1n) is 11.8. The maximum atomic E-state index is 14.3. The van der Waals surface area contributed by atoms with E-state index in [1.807, 2.05) is 35.1 Å². The van der Waals surface area contributed by atoms with E-state index in [9.17, 15) is 22.0 Å². The molecule has 0 saturated carbocycles. The third-order valence-electron chi connectivity index (χ3n) is 6.13. The number of aromatic nitrogens is 3. The van der Waals surface area contributed by atoms with Gasteiger partial charge in [0.1, 0.15) is 22.4 Å².